The fourth-order valence-corrected chi connectivity index (χ4v) is 1.91. The summed E-state index contributed by atoms with van der Waals surface area (Å²) in [6.45, 7) is 4.12. The first-order valence-corrected chi connectivity index (χ1v) is 7.65. The maximum absolute atomic E-state index is 11.5. The Balaban J connectivity index is 2.00. The number of methoxy groups -OCH3 is 1. The molecular formula is C14H28N4O4. The summed E-state index contributed by atoms with van der Waals surface area (Å²) in [5.41, 5.74) is 0. The molecule has 22 heavy (non-hydrogen) atoms. The van der Waals surface area contributed by atoms with Gasteiger partial charge in [0.15, 0.2) is 5.96 Å². The highest BCUT2D eigenvalue weighted by molar-refractivity contribution is 5.86. The van der Waals surface area contributed by atoms with E-state index in [2.05, 4.69) is 20.9 Å². The molecule has 0 bridgehead atoms. The van der Waals surface area contributed by atoms with Crippen molar-refractivity contribution in [2.24, 2.45) is 4.99 Å². The molecule has 8 heteroatoms. The summed E-state index contributed by atoms with van der Waals surface area (Å²) in [6, 6.07) is 0. The lowest BCUT2D eigenvalue weighted by molar-refractivity contribution is -0.120. The third-order valence-electron chi connectivity index (χ3n) is 3.12. The van der Waals surface area contributed by atoms with Crippen molar-refractivity contribution in [2.75, 3.05) is 60.2 Å². The molecule has 1 heterocycles. The van der Waals surface area contributed by atoms with Crippen molar-refractivity contribution < 1.29 is 19.0 Å². The molecule has 1 amide bonds. The number of hydrogen-bond acceptors (Lipinski definition) is 5. The molecule has 1 rings (SSSR count). The zero-order valence-corrected chi connectivity index (χ0v) is 13.5. The Hall–Kier alpha value is -1.38. The van der Waals surface area contributed by atoms with Gasteiger partial charge in [0.05, 0.1) is 25.9 Å². The molecule has 0 aliphatic carbocycles. The second-order valence-corrected chi connectivity index (χ2v) is 4.91. The summed E-state index contributed by atoms with van der Waals surface area (Å²) in [5.74, 6) is 0.510. The van der Waals surface area contributed by atoms with Gasteiger partial charge in [0.2, 0.25) is 5.91 Å². The van der Waals surface area contributed by atoms with Gasteiger partial charge < -0.3 is 30.2 Å². The van der Waals surface area contributed by atoms with Gasteiger partial charge in [-0.1, -0.05) is 0 Å². The van der Waals surface area contributed by atoms with E-state index in [-0.39, 0.29) is 18.6 Å². The van der Waals surface area contributed by atoms with E-state index in [9.17, 15) is 4.79 Å². The second kappa shape index (κ2) is 12.2. The van der Waals surface area contributed by atoms with Crippen molar-refractivity contribution >= 4 is 11.9 Å². The molecule has 0 aromatic carbocycles. The first-order valence-electron chi connectivity index (χ1n) is 7.65. The van der Waals surface area contributed by atoms with Gasteiger partial charge in [0.1, 0.15) is 0 Å². The van der Waals surface area contributed by atoms with Crippen LogP contribution in [0.2, 0.25) is 0 Å². The number of guanidine groups is 1. The Bertz CT molecular complexity index is 333. The van der Waals surface area contributed by atoms with E-state index in [4.69, 9.17) is 14.2 Å². The molecule has 128 valence electrons. The molecule has 0 spiro atoms. The normalized spacial score (nSPS) is 18.3. The highest BCUT2D eigenvalue weighted by Gasteiger charge is 2.15. The molecule has 1 unspecified atom stereocenters. The first-order chi connectivity index (χ1) is 10.8. The zero-order chi connectivity index (χ0) is 16.0. The zero-order valence-electron chi connectivity index (χ0n) is 13.5. The molecule has 1 aliphatic heterocycles. The monoisotopic (exact) mass is 316 g/mol. The van der Waals surface area contributed by atoms with Gasteiger partial charge in [-0.3, -0.25) is 9.79 Å². The highest BCUT2D eigenvalue weighted by Crippen LogP contribution is 2.07. The minimum atomic E-state index is -0.0930. The number of aliphatic imine (C=N–C) groups is 1. The maximum Gasteiger partial charge on any atom is 0.239 e. The molecule has 0 saturated carbocycles. The van der Waals surface area contributed by atoms with Crippen LogP contribution in [0.25, 0.3) is 0 Å². The fraction of sp³-hybridized carbons (Fsp3) is 0.857. The Morgan fingerprint density at radius 1 is 1.27 bits per heavy atom. The lowest BCUT2D eigenvalue weighted by Crippen LogP contribution is -2.44. The molecule has 1 atom stereocenters. The number of carbonyl (C=O) groups excluding carboxylic acids is 1. The molecular weight excluding hydrogens is 288 g/mol. The van der Waals surface area contributed by atoms with E-state index < -0.39 is 0 Å². The Labute approximate surface area is 132 Å². The third kappa shape index (κ3) is 8.81. The van der Waals surface area contributed by atoms with Crippen molar-refractivity contribution in [3.63, 3.8) is 0 Å². The van der Waals surface area contributed by atoms with Crippen LogP contribution in [0.15, 0.2) is 4.99 Å². The Morgan fingerprint density at radius 3 is 2.82 bits per heavy atom. The van der Waals surface area contributed by atoms with Gasteiger partial charge in [-0.2, -0.15) is 0 Å². The summed E-state index contributed by atoms with van der Waals surface area (Å²) in [5, 5.41) is 8.82. The van der Waals surface area contributed by atoms with Gasteiger partial charge in [-0.05, 0) is 12.8 Å². The maximum atomic E-state index is 11.5. The lowest BCUT2D eigenvalue weighted by Gasteiger charge is -2.13. The van der Waals surface area contributed by atoms with Gasteiger partial charge in [-0.15, -0.1) is 0 Å². The number of amides is 1. The number of hydrogen-bond donors (Lipinski definition) is 3. The number of ether oxygens (including phenoxy) is 3. The van der Waals surface area contributed by atoms with Crippen molar-refractivity contribution in [3.8, 4) is 0 Å². The van der Waals surface area contributed by atoms with E-state index in [1.807, 2.05) is 0 Å². The van der Waals surface area contributed by atoms with E-state index in [0.29, 0.717) is 32.3 Å². The van der Waals surface area contributed by atoms with Crippen molar-refractivity contribution in [2.45, 2.75) is 18.9 Å². The average Bonchev–Trinajstić information content (AvgIpc) is 3.03. The SMILES string of the molecule is CN=C(NCCCOC1CCOC1)NCC(=O)NCCOC. The van der Waals surface area contributed by atoms with Crippen LogP contribution in [0.4, 0.5) is 0 Å². The quantitative estimate of drug-likeness (QED) is 0.275. The topological polar surface area (TPSA) is 93.2 Å². The third-order valence-corrected chi connectivity index (χ3v) is 3.12. The van der Waals surface area contributed by atoms with E-state index in [1.54, 1.807) is 14.2 Å². The minimum absolute atomic E-state index is 0.0930. The van der Waals surface area contributed by atoms with Gasteiger partial charge in [0, 0.05) is 40.5 Å². The molecule has 3 N–H and O–H groups in total. The van der Waals surface area contributed by atoms with E-state index in [1.165, 1.54) is 0 Å². The summed E-state index contributed by atoms with van der Waals surface area (Å²) in [6.07, 6.45) is 2.10. The first kappa shape index (κ1) is 18.7. The van der Waals surface area contributed by atoms with Crippen LogP contribution >= 0.6 is 0 Å². The van der Waals surface area contributed by atoms with Crippen LogP contribution in [0.3, 0.4) is 0 Å². The van der Waals surface area contributed by atoms with Crippen LogP contribution in [0, 0.1) is 0 Å². The van der Waals surface area contributed by atoms with Crippen molar-refractivity contribution in [1.29, 1.82) is 0 Å². The summed E-state index contributed by atoms with van der Waals surface area (Å²) < 4.78 is 15.8. The predicted octanol–water partition coefficient (Wildman–Crippen LogP) is -0.890. The molecule has 0 aromatic heterocycles. The molecule has 0 radical (unpaired) electrons. The fourth-order valence-electron chi connectivity index (χ4n) is 1.91. The predicted molar refractivity (Wildman–Crippen MR) is 84.0 cm³/mol. The number of nitrogens with zero attached hydrogens (tertiary/aromatic N) is 1. The Morgan fingerprint density at radius 2 is 2.14 bits per heavy atom. The lowest BCUT2D eigenvalue weighted by atomic mass is 10.3. The van der Waals surface area contributed by atoms with E-state index >= 15 is 0 Å². The van der Waals surface area contributed by atoms with Crippen LogP contribution < -0.4 is 16.0 Å². The van der Waals surface area contributed by atoms with Crippen LogP contribution in [-0.4, -0.2) is 78.2 Å². The van der Waals surface area contributed by atoms with Crippen LogP contribution in [-0.2, 0) is 19.0 Å². The Kier molecular flexibility index (Phi) is 10.3. The molecule has 0 aromatic rings. The van der Waals surface area contributed by atoms with Crippen LogP contribution in [0.1, 0.15) is 12.8 Å². The van der Waals surface area contributed by atoms with Crippen molar-refractivity contribution in [3.05, 3.63) is 0 Å². The molecule has 1 aliphatic rings. The standard InChI is InChI=1S/C14H28N4O4/c1-15-14(18-10-13(19)16-6-9-20-2)17-5-3-7-22-12-4-8-21-11-12/h12H,3-11H2,1-2H3,(H,16,19)(H2,15,17,18). The minimum Gasteiger partial charge on any atom is -0.383 e. The summed E-state index contributed by atoms with van der Waals surface area (Å²) >= 11 is 0. The summed E-state index contributed by atoms with van der Waals surface area (Å²) in [4.78, 5) is 15.6. The average molecular weight is 316 g/mol. The van der Waals surface area contributed by atoms with Gasteiger partial charge in [0.25, 0.3) is 0 Å². The molecule has 1 saturated heterocycles. The number of nitrogens with one attached hydrogen (secondary N) is 3. The smallest absolute Gasteiger partial charge is 0.239 e. The molecule has 1 fully saturated rings. The summed E-state index contributed by atoms with van der Waals surface area (Å²) in [7, 11) is 3.27. The molecule has 8 nitrogen and oxygen atoms in total. The second-order valence-electron chi connectivity index (χ2n) is 4.91. The number of rotatable bonds is 10. The van der Waals surface area contributed by atoms with Gasteiger partial charge in [-0.25, -0.2) is 0 Å². The van der Waals surface area contributed by atoms with E-state index in [0.717, 1.165) is 26.0 Å². The van der Waals surface area contributed by atoms with Crippen LogP contribution in [0.5, 0.6) is 0 Å². The number of carbonyl (C=O) groups is 1. The largest absolute Gasteiger partial charge is 0.383 e. The van der Waals surface area contributed by atoms with Crippen molar-refractivity contribution in [1.82, 2.24) is 16.0 Å². The van der Waals surface area contributed by atoms with Gasteiger partial charge >= 0.3 is 0 Å². The highest BCUT2D eigenvalue weighted by atomic mass is 16.5.